The molecular weight excluding hydrogens is 428 g/mol. The Hall–Kier alpha value is -3.49. The Morgan fingerprint density at radius 3 is 2.31 bits per heavy atom. The third kappa shape index (κ3) is 5.22. The Morgan fingerprint density at radius 2 is 1.66 bits per heavy atom. The number of amides is 1. The summed E-state index contributed by atoms with van der Waals surface area (Å²) in [6.45, 7) is 1.47. The fourth-order valence-electron chi connectivity index (χ4n) is 3.16. The summed E-state index contributed by atoms with van der Waals surface area (Å²) >= 11 is 0. The molecule has 8 heteroatoms. The number of nitrogens with zero attached hydrogens (tertiary/aromatic N) is 1. The van der Waals surface area contributed by atoms with E-state index in [9.17, 15) is 18.0 Å². The lowest BCUT2D eigenvalue weighted by Crippen LogP contribution is -2.27. The van der Waals surface area contributed by atoms with Crippen molar-refractivity contribution < 1.29 is 22.7 Å². The predicted molar refractivity (Wildman–Crippen MR) is 122 cm³/mol. The molecule has 1 amide bonds. The molecule has 3 aromatic rings. The summed E-state index contributed by atoms with van der Waals surface area (Å²) in [6.07, 6.45) is 0. The molecule has 166 valence electrons. The summed E-state index contributed by atoms with van der Waals surface area (Å²) in [4.78, 5) is 24.5. The second kappa shape index (κ2) is 9.76. The van der Waals surface area contributed by atoms with Gasteiger partial charge in [-0.1, -0.05) is 30.3 Å². The zero-order valence-electron chi connectivity index (χ0n) is 18.0. The number of carbonyl (C=O) groups excluding carboxylic acids is 2. The van der Waals surface area contributed by atoms with Crippen molar-refractivity contribution in [3.8, 4) is 5.75 Å². The summed E-state index contributed by atoms with van der Waals surface area (Å²) in [5.74, 6) is -0.0195. The predicted octanol–water partition coefficient (Wildman–Crippen LogP) is 3.97. The molecule has 3 rings (SSSR count). The molecule has 1 N–H and O–H groups in total. The second-order valence-corrected chi connectivity index (χ2v) is 9.24. The van der Waals surface area contributed by atoms with Crippen molar-refractivity contribution in [3.63, 3.8) is 0 Å². The maximum atomic E-state index is 12.9. The molecule has 0 unspecified atom stereocenters. The van der Waals surface area contributed by atoms with Crippen molar-refractivity contribution in [2.45, 2.75) is 18.4 Å². The Balaban J connectivity index is 1.84. The Labute approximate surface area is 187 Å². The minimum Gasteiger partial charge on any atom is -0.496 e. The number of methoxy groups -OCH3 is 1. The molecule has 0 fully saturated rings. The first kappa shape index (κ1) is 23.2. The highest BCUT2D eigenvalue weighted by Gasteiger charge is 2.22. The van der Waals surface area contributed by atoms with Gasteiger partial charge in [-0.25, -0.2) is 8.42 Å². The smallest absolute Gasteiger partial charge is 0.255 e. The summed E-state index contributed by atoms with van der Waals surface area (Å²) in [7, 11) is -0.754. The van der Waals surface area contributed by atoms with Gasteiger partial charge in [0.05, 0.1) is 12.0 Å². The van der Waals surface area contributed by atoms with Crippen LogP contribution in [-0.2, 0) is 16.6 Å². The number of ketones is 1. The second-order valence-electron chi connectivity index (χ2n) is 7.19. The van der Waals surface area contributed by atoms with Crippen LogP contribution in [0.25, 0.3) is 0 Å². The minimum absolute atomic E-state index is 0.0152. The van der Waals surface area contributed by atoms with E-state index in [0.29, 0.717) is 28.1 Å². The van der Waals surface area contributed by atoms with Gasteiger partial charge in [-0.3, -0.25) is 9.59 Å². The SMILES string of the molecule is COc1ccc(C(=O)Nc2cccc(C(C)=O)c2)cc1CN(C)S(=O)(=O)c1ccccc1. The number of Topliss-reactive ketones (excluding diaryl/α,β-unsaturated/α-hetero) is 1. The number of nitrogens with one attached hydrogen (secondary N) is 1. The average molecular weight is 453 g/mol. The van der Waals surface area contributed by atoms with E-state index in [0.717, 1.165) is 0 Å². The van der Waals surface area contributed by atoms with Crippen LogP contribution >= 0.6 is 0 Å². The standard InChI is InChI=1S/C24H24N2O5S/c1-17(27)18-8-7-9-21(15-18)25-24(28)19-12-13-23(31-3)20(14-19)16-26(2)32(29,30)22-10-5-4-6-11-22/h4-15H,16H2,1-3H3,(H,25,28). The molecule has 0 aromatic heterocycles. The van der Waals surface area contributed by atoms with E-state index < -0.39 is 10.0 Å². The maximum absolute atomic E-state index is 12.9. The first-order valence-electron chi connectivity index (χ1n) is 9.83. The highest BCUT2D eigenvalue weighted by molar-refractivity contribution is 7.89. The van der Waals surface area contributed by atoms with Crippen molar-refractivity contribution in [1.29, 1.82) is 0 Å². The summed E-state index contributed by atoms with van der Waals surface area (Å²) < 4.78 is 32.3. The minimum atomic E-state index is -3.71. The van der Waals surface area contributed by atoms with E-state index in [-0.39, 0.29) is 23.1 Å². The molecule has 0 radical (unpaired) electrons. The van der Waals surface area contributed by atoms with E-state index in [1.165, 1.54) is 37.5 Å². The van der Waals surface area contributed by atoms with E-state index in [1.54, 1.807) is 60.7 Å². The van der Waals surface area contributed by atoms with Crippen LogP contribution in [0.15, 0.2) is 77.7 Å². The number of anilines is 1. The third-order valence-electron chi connectivity index (χ3n) is 4.91. The summed E-state index contributed by atoms with van der Waals surface area (Å²) in [5, 5.41) is 2.76. The van der Waals surface area contributed by atoms with Crippen molar-refractivity contribution in [1.82, 2.24) is 4.31 Å². The number of benzene rings is 3. The first-order chi connectivity index (χ1) is 15.2. The lowest BCUT2D eigenvalue weighted by molar-refractivity contribution is 0.101. The van der Waals surface area contributed by atoms with Gasteiger partial charge in [0.15, 0.2) is 5.78 Å². The molecule has 0 atom stereocenters. The van der Waals surface area contributed by atoms with Crippen LogP contribution in [0, 0.1) is 0 Å². The van der Waals surface area contributed by atoms with E-state index in [4.69, 9.17) is 4.74 Å². The third-order valence-corrected chi connectivity index (χ3v) is 6.73. The monoisotopic (exact) mass is 452 g/mol. The van der Waals surface area contributed by atoms with Gasteiger partial charge in [-0.2, -0.15) is 4.31 Å². The van der Waals surface area contributed by atoms with Crippen LogP contribution in [0.3, 0.4) is 0 Å². The van der Waals surface area contributed by atoms with Crippen molar-refractivity contribution in [2.75, 3.05) is 19.5 Å². The van der Waals surface area contributed by atoms with E-state index >= 15 is 0 Å². The molecule has 0 heterocycles. The fourth-order valence-corrected chi connectivity index (χ4v) is 4.33. The molecule has 32 heavy (non-hydrogen) atoms. The lowest BCUT2D eigenvalue weighted by atomic mass is 10.1. The fraction of sp³-hybridized carbons (Fsp3) is 0.167. The zero-order valence-corrected chi connectivity index (χ0v) is 18.8. The van der Waals surface area contributed by atoms with Gasteiger partial charge in [0.1, 0.15) is 5.75 Å². The van der Waals surface area contributed by atoms with Crippen LogP contribution in [0.4, 0.5) is 5.69 Å². The van der Waals surface area contributed by atoms with Gasteiger partial charge < -0.3 is 10.1 Å². The van der Waals surface area contributed by atoms with Crippen LogP contribution < -0.4 is 10.1 Å². The highest BCUT2D eigenvalue weighted by Crippen LogP contribution is 2.25. The Morgan fingerprint density at radius 1 is 0.938 bits per heavy atom. The quantitative estimate of drug-likeness (QED) is 0.522. The molecule has 0 spiro atoms. The van der Waals surface area contributed by atoms with Gasteiger partial charge in [0.25, 0.3) is 5.91 Å². The first-order valence-corrected chi connectivity index (χ1v) is 11.3. The molecule has 0 saturated carbocycles. The number of hydrogen-bond acceptors (Lipinski definition) is 5. The van der Waals surface area contributed by atoms with Crippen LogP contribution in [0.2, 0.25) is 0 Å². The number of carbonyl (C=O) groups is 2. The molecule has 0 aliphatic carbocycles. The Bertz CT molecular complexity index is 1240. The van der Waals surface area contributed by atoms with Crippen LogP contribution in [0.1, 0.15) is 33.2 Å². The molecule has 3 aromatic carbocycles. The van der Waals surface area contributed by atoms with Gasteiger partial charge in [-0.05, 0) is 49.4 Å². The normalized spacial score (nSPS) is 11.2. The summed E-state index contributed by atoms with van der Waals surface area (Å²) in [5.41, 5.74) is 1.86. The van der Waals surface area contributed by atoms with Crippen molar-refractivity contribution in [2.24, 2.45) is 0 Å². The molecular formula is C24H24N2O5S. The van der Waals surface area contributed by atoms with Gasteiger partial charge in [-0.15, -0.1) is 0 Å². The molecule has 0 aliphatic rings. The Kier molecular flexibility index (Phi) is 7.07. The van der Waals surface area contributed by atoms with Gasteiger partial charge in [0, 0.05) is 36.0 Å². The highest BCUT2D eigenvalue weighted by atomic mass is 32.2. The van der Waals surface area contributed by atoms with Crippen LogP contribution in [-0.4, -0.2) is 38.6 Å². The summed E-state index contributed by atoms with van der Waals surface area (Å²) in [6, 6.07) is 19.6. The largest absolute Gasteiger partial charge is 0.496 e. The maximum Gasteiger partial charge on any atom is 0.255 e. The van der Waals surface area contributed by atoms with E-state index in [2.05, 4.69) is 5.32 Å². The van der Waals surface area contributed by atoms with Crippen molar-refractivity contribution >= 4 is 27.4 Å². The van der Waals surface area contributed by atoms with E-state index in [1.807, 2.05) is 0 Å². The van der Waals surface area contributed by atoms with Gasteiger partial charge >= 0.3 is 0 Å². The topological polar surface area (TPSA) is 92.8 Å². The molecule has 0 aliphatic heterocycles. The average Bonchev–Trinajstić information content (AvgIpc) is 2.79. The number of rotatable bonds is 8. The number of sulfonamides is 1. The molecule has 0 saturated heterocycles. The lowest BCUT2D eigenvalue weighted by Gasteiger charge is -2.19. The van der Waals surface area contributed by atoms with Crippen LogP contribution in [0.5, 0.6) is 5.75 Å². The van der Waals surface area contributed by atoms with Crippen molar-refractivity contribution in [3.05, 3.63) is 89.5 Å². The number of hydrogen-bond donors (Lipinski definition) is 1. The molecule has 0 bridgehead atoms. The van der Waals surface area contributed by atoms with Gasteiger partial charge in [0.2, 0.25) is 10.0 Å². The molecule has 7 nitrogen and oxygen atoms in total. The zero-order chi connectivity index (χ0) is 23.3. The number of ether oxygens (including phenoxy) is 1.